The van der Waals surface area contributed by atoms with Crippen LogP contribution in [-0.2, 0) is 0 Å². The van der Waals surface area contributed by atoms with Crippen molar-refractivity contribution in [2.45, 2.75) is 38.3 Å². The molecule has 1 aromatic rings. The maximum atomic E-state index is 3.65. The van der Waals surface area contributed by atoms with Gasteiger partial charge in [-0.3, -0.25) is 0 Å². The van der Waals surface area contributed by atoms with E-state index in [1.54, 1.807) is 0 Å². The summed E-state index contributed by atoms with van der Waals surface area (Å²) in [5, 5.41) is 7.06. The molecule has 16 heavy (non-hydrogen) atoms. The monoisotopic (exact) mass is 218 g/mol. The van der Waals surface area contributed by atoms with Crippen LogP contribution in [-0.4, -0.2) is 19.1 Å². The molecule has 2 heteroatoms. The van der Waals surface area contributed by atoms with Gasteiger partial charge in [-0.15, -0.1) is 0 Å². The van der Waals surface area contributed by atoms with Gasteiger partial charge in [0.1, 0.15) is 0 Å². The third-order valence-electron chi connectivity index (χ3n) is 3.73. The van der Waals surface area contributed by atoms with Gasteiger partial charge in [-0.05, 0) is 44.4 Å². The van der Waals surface area contributed by atoms with E-state index in [-0.39, 0.29) is 0 Å². The average molecular weight is 218 g/mol. The molecular weight excluding hydrogens is 196 g/mol. The lowest BCUT2D eigenvalue weighted by Crippen LogP contribution is -2.41. The lowest BCUT2D eigenvalue weighted by Gasteiger charge is -2.35. The quantitative estimate of drug-likeness (QED) is 0.815. The first-order valence-corrected chi connectivity index (χ1v) is 6.28. The van der Waals surface area contributed by atoms with Crippen molar-refractivity contribution in [3.05, 3.63) is 30.3 Å². The Morgan fingerprint density at radius 2 is 1.88 bits per heavy atom. The third kappa shape index (κ3) is 2.76. The van der Waals surface area contributed by atoms with Crippen molar-refractivity contribution in [3.8, 4) is 0 Å². The van der Waals surface area contributed by atoms with E-state index < -0.39 is 0 Å². The van der Waals surface area contributed by atoms with E-state index in [1.807, 2.05) is 0 Å². The summed E-state index contributed by atoms with van der Waals surface area (Å²) in [7, 11) is 2.07. The van der Waals surface area contributed by atoms with Crippen LogP contribution in [0.3, 0.4) is 0 Å². The number of hydrogen-bond donors (Lipinski definition) is 2. The number of para-hydroxylation sites is 1. The standard InChI is InChI=1S/C14H22N2/c1-11-8-9-13(15-2)10-14(11)16-12-6-4-3-5-7-12/h3-7,11,13-16H,8-10H2,1-2H3. The normalized spacial score (nSPS) is 30.0. The molecule has 1 aromatic carbocycles. The average Bonchev–Trinajstić information content (AvgIpc) is 2.33. The highest BCUT2D eigenvalue weighted by Gasteiger charge is 2.26. The molecule has 2 N–H and O–H groups in total. The summed E-state index contributed by atoms with van der Waals surface area (Å²) in [4.78, 5) is 0. The molecule has 1 saturated carbocycles. The van der Waals surface area contributed by atoms with E-state index in [4.69, 9.17) is 0 Å². The van der Waals surface area contributed by atoms with Gasteiger partial charge in [-0.25, -0.2) is 0 Å². The van der Waals surface area contributed by atoms with Gasteiger partial charge >= 0.3 is 0 Å². The minimum Gasteiger partial charge on any atom is -0.382 e. The number of anilines is 1. The Kier molecular flexibility index (Phi) is 3.83. The van der Waals surface area contributed by atoms with Gasteiger partial charge in [0.25, 0.3) is 0 Å². The summed E-state index contributed by atoms with van der Waals surface area (Å²) in [5.74, 6) is 0.768. The van der Waals surface area contributed by atoms with Gasteiger partial charge in [-0.2, -0.15) is 0 Å². The molecule has 3 unspecified atom stereocenters. The van der Waals surface area contributed by atoms with Gasteiger partial charge in [0.05, 0.1) is 0 Å². The molecule has 0 amide bonds. The Morgan fingerprint density at radius 1 is 1.12 bits per heavy atom. The van der Waals surface area contributed by atoms with Crippen molar-refractivity contribution in [2.75, 3.05) is 12.4 Å². The Morgan fingerprint density at radius 3 is 2.56 bits per heavy atom. The molecule has 0 spiro atoms. The smallest absolute Gasteiger partial charge is 0.0342 e. The van der Waals surface area contributed by atoms with Gasteiger partial charge in [0, 0.05) is 17.8 Å². The van der Waals surface area contributed by atoms with Crippen molar-refractivity contribution in [2.24, 2.45) is 5.92 Å². The van der Waals surface area contributed by atoms with E-state index in [0.717, 1.165) is 5.92 Å². The maximum absolute atomic E-state index is 3.65. The molecule has 0 radical (unpaired) electrons. The Hall–Kier alpha value is -1.02. The highest BCUT2D eigenvalue weighted by molar-refractivity contribution is 5.43. The van der Waals surface area contributed by atoms with Crippen LogP contribution in [0.1, 0.15) is 26.2 Å². The van der Waals surface area contributed by atoms with E-state index in [2.05, 4.69) is 54.9 Å². The lowest BCUT2D eigenvalue weighted by molar-refractivity contribution is 0.293. The first kappa shape index (κ1) is 11.5. The van der Waals surface area contributed by atoms with E-state index in [1.165, 1.54) is 24.9 Å². The Labute approximate surface area is 98.4 Å². The fourth-order valence-electron chi connectivity index (χ4n) is 2.53. The molecule has 3 atom stereocenters. The molecule has 2 nitrogen and oxygen atoms in total. The van der Waals surface area contributed by atoms with Gasteiger partial charge in [0.15, 0.2) is 0 Å². The summed E-state index contributed by atoms with van der Waals surface area (Å²) in [6.45, 7) is 2.35. The summed E-state index contributed by atoms with van der Waals surface area (Å²) >= 11 is 0. The maximum Gasteiger partial charge on any atom is 0.0342 e. The molecule has 0 bridgehead atoms. The Balaban J connectivity index is 1.97. The first-order chi connectivity index (χ1) is 7.79. The predicted molar refractivity (Wildman–Crippen MR) is 69.7 cm³/mol. The molecule has 1 fully saturated rings. The Bertz CT molecular complexity index is 310. The van der Waals surface area contributed by atoms with Crippen LogP contribution in [0.15, 0.2) is 30.3 Å². The second-order valence-corrected chi connectivity index (χ2v) is 4.89. The molecule has 0 aromatic heterocycles. The van der Waals surface area contributed by atoms with Gasteiger partial charge in [0.2, 0.25) is 0 Å². The van der Waals surface area contributed by atoms with E-state index in [0.29, 0.717) is 12.1 Å². The third-order valence-corrected chi connectivity index (χ3v) is 3.73. The summed E-state index contributed by atoms with van der Waals surface area (Å²) in [5.41, 5.74) is 1.25. The van der Waals surface area contributed by atoms with Crippen LogP contribution in [0.2, 0.25) is 0 Å². The number of nitrogens with one attached hydrogen (secondary N) is 2. The molecule has 0 heterocycles. The molecule has 0 aliphatic heterocycles. The first-order valence-electron chi connectivity index (χ1n) is 6.28. The molecule has 1 aliphatic carbocycles. The number of benzene rings is 1. The highest BCUT2D eigenvalue weighted by Crippen LogP contribution is 2.26. The van der Waals surface area contributed by atoms with Crippen LogP contribution in [0.5, 0.6) is 0 Å². The SMILES string of the molecule is CNC1CCC(C)C(Nc2ccccc2)C1. The van der Waals surface area contributed by atoms with Crippen molar-refractivity contribution >= 4 is 5.69 Å². The zero-order valence-corrected chi connectivity index (χ0v) is 10.2. The van der Waals surface area contributed by atoms with E-state index >= 15 is 0 Å². The lowest BCUT2D eigenvalue weighted by atomic mass is 9.83. The fourth-order valence-corrected chi connectivity index (χ4v) is 2.53. The summed E-state index contributed by atoms with van der Waals surface area (Å²) < 4.78 is 0. The molecule has 1 aliphatic rings. The minimum atomic E-state index is 0.605. The summed E-state index contributed by atoms with van der Waals surface area (Å²) in [6.07, 6.45) is 3.85. The molecule has 2 rings (SSSR count). The fraction of sp³-hybridized carbons (Fsp3) is 0.571. The zero-order valence-electron chi connectivity index (χ0n) is 10.2. The van der Waals surface area contributed by atoms with Gasteiger partial charge in [-0.1, -0.05) is 25.1 Å². The van der Waals surface area contributed by atoms with Crippen LogP contribution < -0.4 is 10.6 Å². The second-order valence-electron chi connectivity index (χ2n) is 4.89. The molecular formula is C14H22N2. The molecule has 88 valence electrons. The number of hydrogen-bond acceptors (Lipinski definition) is 2. The van der Waals surface area contributed by atoms with Crippen molar-refractivity contribution in [1.82, 2.24) is 5.32 Å². The molecule has 0 saturated heterocycles. The zero-order chi connectivity index (χ0) is 11.4. The van der Waals surface area contributed by atoms with Crippen molar-refractivity contribution < 1.29 is 0 Å². The minimum absolute atomic E-state index is 0.605. The summed E-state index contributed by atoms with van der Waals surface area (Å²) in [6, 6.07) is 11.8. The topological polar surface area (TPSA) is 24.1 Å². The van der Waals surface area contributed by atoms with Crippen LogP contribution in [0.4, 0.5) is 5.69 Å². The van der Waals surface area contributed by atoms with Crippen LogP contribution in [0.25, 0.3) is 0 Å². The number of rotatable bonds is 3. The van der Waals surface area contributed by atoms with Crippen LogP contribution >= 0.6 is 0 Å². The van der Waals surface area contributed by atoms with Gasteiger partial charge < -0.3 is 10.6 Å². The predicted octanol–water partition coefficient (Wildman–Crippen LogP) is 2.88. The van der Waals surface area contributed by atoms with Crippen molar-refractivity contribution in [3.63, 3.8) is 0 Å². The van der Waals surface area contributed by atoms with Crippen molar-refractivity contribution in [1.29, 1.82) is 0 Å². The van der Waals surface area contributed by atoms with Crippen LogP contribution in [0, 0.1) is 5.92 Å². The second kappa shape index (κ2) is 5.35. The highest BCUT2D eigenvalue weighted by atomic mass is 15.0. The largest absolute Gasteiger partial charge is 0.382 e. The van der Waals surface area contributed by atoms with E-state index in [9.17, 15) is 0 Å².